The van der Waals surface area contributed by atoms with Crippen LogP contribution in [0.15, 0.2) is 42.7 Å². The lowest BCUT2D eigenvalue weighted by Crippen LogP contribution is -2.40. The van der Waals surface area contributed by atoms with Crippen molar-refractivity contribution in [3.05, 3.63) is 59.8 Å². The molecule has 0 aliphatic carbocycles. The summed E-state index contributed by atoms with van der Waals surface area (Å²) in [6.45, 7) is 3.37. The predicted octanol–water partition coefficient (Wildman–Crippen LogP) is 3.57. The van der Waals surface area contributed by atoms with E-state index in [2.05, 4.69) is 9.88 Å². The summed E-state index contributed by atoms with van der Waals surface area (Å²) in [6.07, 6.45) is 8.39. The van der Waals surface area contributed by atoms with E-state index in [9.17, 15) is 9.18 Å². The van der Waals surface area contributed by atoms with E-state index in [-0.39, 0.29) is 24.1 Å². The lowest BCUT2D eigenvalue weighted by molar-refractivity contribution is -0.131. The number of halogens is 1. The molecule has 1 aromatic carbocycles. The monoisotopic (exact) mass is 448 g/mol. The zero-order valence-electron chi connectivity index (χ0n) is 19.0. The molecule has 0 saturated carbocycles. The first-order valence-electron chi connectivity index (χ1n) is 11.7. The average molecular weight is 449 g/mol. The molecular formula is C25H29FN6O. The topological polar surface area (TPSA) is 67.2 Å². The quantitative estimate of drug-likeness (QED) is 0.597. The lowest BCUT2D eigenvalue weighted by Gasteiger charge is -2.32. The summed E-state index contributed by atoms with van der Waals surface area (Å²) >= 11 is 0. The van der Waals surface area contributed by atoms with Gasteiger partial charge in [-0.15, -0.1) is 0 Å². The number of benzene rings is 1. The number of amides is 1. The van der Waals surface area contributed by atoms with E-state index in [1.807, 2.05) is 35.1 Å². The maximum atomic E-state index is 13.2. The van der Waals surface area contributed by atoms with E-state index in [1.165, 1.54) is 25.0 Å². The molecule has 0 unspecified atom stereocenters. The van der Waals surface area contributed by atoms with Gasteiger partial charge in [0.05, 0.1) is 17.8 Å². The highest BCUT2D eigenvalue weighted by Crippen LogP contribution is 2.33. The van der Waals surface area contributed by atoms with Crippen molar-refractivity contribution in [2.45, 2.75) is 38.0 Å². The zero-order valence-corrected chi connectivity index (χ0v) is 19.0. The molecule has 2 aliphatic heterocycles. The summed E-state index contributed by atoms with van der Waals surface area (Å²) in [4.78, 5) is 26.5. The van der Waals surface area contributed by atoms with Gasteiger partial charge in [-0.05, 0) is 49.4 Å². The number of nitrogens with zero attached hydrogens (tertiary/aromatic N) is 6. The van der Waals surface area contributed by atoms with E-state index < -0.39 is 0 Å². The molecule has 33 heavy (non-hydrogen) atoms. The molecule has 0 bridgehead atoms. The number of rotatable bonds is 5. The van der Waals surface area contributed by atoms with Gasteiger partial charge in [-0.2, -0.15) is 5.10 Å². The molecule has 0 radical (unpaired) electrons. The van der Waals surface area contributed by atoms with Crippen molar-refractivity contribution in [3.63, 3.8) is 0 Å². The van der Waals surface area contributed by atoms with Crippen LogP contribution in [0.2, 0.25) is 0 Å². The van der Waals surface area contributed by atoms with Crippen molar-refractivity contribution in [3.8, 4) is 11.3 Å². The third-order valence-corrected chi connectivity index (χ3v) is 6.59. The maximum absolute atomic E-state index is 13.2. The Morgan fingerprint density at radius 1 is 1.09 bits per heavy atom. The fourth-order valence-corrected chi connectivity index (χ4v) is 4.89. The summed E-state index contributed by atoms with van der Waals surface area (Å²) < 4.78 is 15.0. The first kappa shape index (κ1) is 21.6. The largest absolute Gasteiger partial charge is 0.342 e. The molecule has 5 rings (SSSR count). The van der Waals surface area contributed by atoms with Gasteiger partial charge in [-0.3, -0.25) is 9.48 Å². The lowest BCUT2D eigenvalue weighted by atomic mass is 9.91. The molecule has 0 spiro atoms. The van der Waals surface area contributed by atoms with Crippen LogP contribution in [-0.4, -0.2) is 56.7 Å². The highest BCUT2D eigenvalue weighted by molar-refractivity contribution is 5.79. The van der Waals surface area contributed by atoms with E-state index in [1.54, 1.807) is 12.1 Å². The normalized spacial score (nSPS) is 18.7. The van der Waals surface area contributed by atoms with Gasteiger partial charge in [-0.25, -0.2) is 14.4 Å². The molecule has 7 nitrogen and oxygen atoms in total. The maximum Gasteiger partial charge on any atom is 0.227 e. The number of aryl methyl sites for hydroxylation is 1. The van der Waals surface area contributed by atoms with Crippen molar-refractivity contribution in [2.24, 2.45) is 7.05 Å². The summed E-state index contributed by atoms with van der Waals surface area (Å²) in [7, 11) is 1.93. The van der Waals surface area contributed by atoms with Gasteiger partial charge in [-0.1, -0.05) is 12.1 Å². The molecule has 172 valence electrons. The van der Waals surface area contributed by atoms with E-state index in [0.717, 1.165) is 60.9 Å². The SMILES string of the molecule is Cn1cc(-c2ccnc(N3CCCC3)n2)c([C@H]2CCCN(C(=O)Cc3ccc(F)cc3)C2)n1. The molecular weight excluding hydrogens is 419 g/mol. The number of carbonyl (C=O) groups excluding carboxylic acids is 1. The van der Waals surface area contributed by atoms with E-state index >= 15 is 0 Å². The number of aromatic nitrogens is 4. The Bertz CT molecular complexity index is 1120. The van der Waals surface area contributed by atoms with Crippen LogP contribution in [0.25, 0.3) is 11.3 Å². The van der Waals surface area contributed by atoms with Crippen LogP contribution in [0.1, 0.15) is 42.9 Å². The first-order chi connectivity index (χ1) is 16.1. The second-order valence-electron chi connectivity index (χ2n) is 9.02. The minimum atomic E-state index is -0.287. The second-order valence-corrected chi connectivity index (χ2v) is 9.02. The Hall–Kier alpha value is -3.29. The molecule has 3 aromatic rings. The Kier molecular flexibility index (Phi) is 6.07. The van der Waals surface area contributed by atoms with Gasteiger partial charge < -0.3 is 9.80 Å². The van der Waals surface area contributed by atoms with Gasteiger partial charge >= 0.3 is 0 Å². The van der Waals surface area contributed by atoms with Crippen molar-refractivity contribution >= 4 is 11.9 Å². The second kappa shape index (κ2) is 9.29. The minimum Gasteiger partial charge on any atom is -0.342 e. The highest BCUT2D eigenvalue weighted by Gasteiger charge is 2.29. The molecule has 2 aliphatic rings. The number of likely N-dealkylation sites (tertiary alicyclic amines) is 1. The minimum absolute atomic E-state index is 0.0714. The fourth-order valence-electron chi connectivity index (χ4n) is 4.89. The van der Waals surface area contributed by atoms with Crippen molar-refractivity contribution in [1.29, 1.82) is 0 Å². The van der Waals surface area contributed by atoms with Gasteiger partial charge in [0.15, 0.2) is 0 Å². The molecule has 1 atom stereocenters. The van der Waals surface area contributed by atoms with Crippen LogP contribution >= 0.6 is 0 Å². The third kappa shape index (κ3) is 4.74. The van der Waals surface area contributed by atoms with Crippen LogP contribution in [-0.2, 0) is 18.3 Å². The molecule has 1 amide bonds. The molecule has 0 N–H and O–H groups in total. The van der Waals surface area contributed by atoms with Gasteiger partial charge in [0.1, 0.15) is 5.82 Å². The molecule has 2 aromatic heterocycles. The Labute approximate surface area is 193 Å². The van der Waals surface area contributed by atoms with Crippen LogP contribution in [0.3, 0.4) is 0 Å². The number of hydrogen-bond acceptors (Lipinski definition) is 5. The Morgan fingerprint density at radius 3 is 2.67 bits per heavy atom. The summed E-state index contributed by atoms with van der Waals surface area (Å²) in [6, 6.07) is 8.11. The number of anilines is 1. The predicted molar refractivity (Wildman–Crippen MR) is 124 cm³/mol. The third-order valence-electron chi connectivity index (χ3n) is 6.59. The number of hydrogen-bond donors (Lipinski definition) is 0. The van der Waals surface area contributed by atoms with Gasteiger partial charge in [0.25, 0.3) is 0 Å². The standard InChI is InChI=1S/C25H29FN6O/c1-30-17-21(22-10-11-27-25(28-22)31-12-2-3-13-31)24(29-30)19-5-4-14-32(16-19)23(33)15-18-6-8-20(26)9-7-18/h6-11,17,19H,2-5,12-16H2,1H3/t19-/m0/s1. The Balaban J connectivity index is 1.35. The summed E-state index contributed by atoms with van der Waals surface area (Å²) in [5.41, 5.74) is 3.71. The molecule has 2 fully saturated rings. The highest BCUT2D eigenvalue weighted by atomic mass is 19.1. The number of carbonyl (C=O) groups is 1. The van der Waals surface area contributed by atoms with Crippen LogP contribution < -0.4 is 4.90 Å². The summed E-state index contributed by atoms with van der Waals surface area (Å²) in [5.74, 6) is 0.712. The molecule has 4 heterocycles. The first-order valence-corrected chi connectivity index (χ1v) is 11.7. The van der Waals surface area contributed by atoms with E-state index in [4.69, 9.17) is 10.1 Å². The fraction of sp³-hybridized carbons (Fsp3) is 0.440. The van der Waals surface area contributed by atoms with Crippen molar-refractivity contribution < 1.29 is 9.18 Å². The summed E-state index contributed by atoms with van der Waals surface area (Å²) in [5, 5.41) is 4.79. The smallest absolute Gasteiger partial charge is 0.227 e. The number of piperidine rings is 1. The van der Waals surface area contributed by atoms with Gasteiger partial charge in [0, 0.05) is 57.1 Å². The van der Waals surface area contributed by atoms with Crippen LogP contribution in [0.4, 0.5) is 10.3 Å². The molecule has 8 heteroatoms. The average Bonchev–Trinajstić information content (AvgIpc) is 3.51. The van der Waals surface area contributed by atoms with Crippen LogP contribution in [0.5, 0.6) is 0 Å². The zero-order chi connectivity index (χ0) is 22.8. The Morgan fingerprint density at radius 2 is 1.88 bits per heavy atom. The van der Waals surface area contributed by atoms with Gasteiger partial charge in [0.2, 0.25) is 11.9 Å². The van der Waals surface area contributed by atoms with Crippen LogP contribution in [0, 0.1) is 5.82 Å². The van der Waals surface area contributed by atoms with E-state index in [0.29, 0.717) is 6.54 Å². The van der Waals surface area contributed by atoms with Crippen molar-refractivity contribution in [1.82, 2.24) is 24.6 Å². The van der Waals surface area contributed by atoms with Crippen molar-refractivity contribution in [2.75, 3.05) is 31.1 Å². The molecule has 2 saturated heterocycles.